The predicted octanol–water partition coefficient (Wildman–Crippen LogP) is 2.57. The van der Waals surface area contributed by atoms with Crippen molar-refractivity contribution >= 4 is 17.7 Å². The summed E-state index contributed by atoms with van der Waals surface area (Å²) in [5.74, 6) is -1.29. The zero-order valence-corrected chi connectivity index (χ0v) is 18.0. The van der Waals surface area contributed by atoms with E-state index in [9.17, 15) is 18.8 Å². The van der Waals surface area contributed by atoms with E-state index >= 15 is 0 Å². The molecule has 0 saturated carbocycles. The van der Waals surface area contributed by atoms with Gasteiger partial charge in [0.25, 0.3) is 0 Å². The van der Waals surface area contributed by atoms with Crippen molar-refractivity contribution in [2.75, 3.05) is 40.3 Å². The minimum Gasteiger partial charge on any atom is -0.343 e. The van der Waals surface area contributed by atoms with E-state index in [2.05, 4.69) is 0 Å². The van der Waals surface area contributed by atoms with E-state index < -0.39 is 11.2 Å². The first-order chi connectivity index (χ1) is 14.3. The van der Waals surface area contributed by atoms with Gasteiger partial charge in [-0.05, 0) is 44.6 Å². The Balaban J connectivity index is 1.90. The summed E-state index contributed by atoms with van der Waals surface area (Å²) in [4.78, 5) is 44.5. The molecule has 1 atom stereocenters. The van der Waals surface area contributed by atoms with Gasteiger partial charge in [0.15, 0.2) is 0 Å². The number of likely N-dealkylation sites (N-methyl/N-ethyl adjacent to an activating group) is 1. The van der Waals surface area contributed by atoms with Crippen LogP contribution in [0.25, 0.3) is 0 Å². The molecule has 2 saturated heterocycles. The second-order valence-electron chi connectivity index (χ2n) is 8.75. The number of hydrogen-bond donors (Lipinski definition) is 0. The van der Waals surface area contributed by atoms with Crippen molar-refractivity contribution in [1.82, 2.24) is 14.7 Å². The maximum absolute atomic E-state index is 14.0. The first-order valence-corrected chi connectivity index (χ1v) is 10.9. The lowest BCUT2D eigenvalue weighted by Gasteiger charge is -2.31. The molecule has 0 N–H and O–H groups in total. The van der Waals surface area contributed by atoms with Gasteiger partial charge in [0.05, 0.1) is 5.41 Å². The zero-order chi connectivity index (χ0) is 21.7. The summed E-state index contributed by atoms with van der Waals surface area (Å²) in [6.45, 7) is 2.14. The largest absolute Gasteiger partial charge is 0.343 e. The van der Waals surface area contributed by atoms with Crippen LogP contribution in [-0.4, -0.2) is 72.7 Å². The normalized spacial score (nSPS) is 23.1. The molecule has 0 spiro atoms. The molecule has 3 rings (SSSR count). The van der Waals surface area contributed by atoms with Crippen LogP contribution in [0.3, 0.4) is 0 Å². The van der Waals surface area contributed by atoms with Crippen LogP contribution in [0.15, 0.2) is 24.3 Å². The van der Waals surface area contributed by atoms with E-state index in [-0.39, 0.29) is 37.1 Å². The number of rotatable bonds is 6. The number of hydrogen-bond acceptors (Lipinski definition) is 4. The van der Waals surface area contributed by atoms with Crippen molar-refractivity contribution in [2.45, 2.75) is 50.4 Å². The van der Waals surface area contributed by atoms with Crippen LogP contribution in [0.4, 0.5) is 4.39 Å². The van der Waals surface area contributed by atoms with Gasteiger partial charge in [0, 0.05) is 39.0 Å². The second-order valence-corrected chi connectivity index (χ2v) is 8.75. The summed E-state index contributed by atoms with van der Waals surface area (Å²) in [5.41, 5.74) is -0.918. The van der Waals surface area contributed by atoms with Crippen molar-refractivity contribution in [3.8, 4) is 0 Å². The van der Waals surface area contributed by atoms with E-state index in [1.807, 2.05) is 23.9 Å². The smallest absolute Gasteiger partial charge is 0.240 e. The topological polar surface area (TPSA) is 60.9 Å². The molecule has 0 radical (unpaired) electrons. The maximum atomic E-state index is 14.0. The SMILES string of the molecule is CN(C)CCN1C(=O)C[C@](CC(=O)N2CCCCCCC2)(c2cccc(F)c2)C1=O. The Bertz CT molecular complexity index is 790. The lowest BCUT2D eigenvalue weighted by Crippen LogP contribution is -2.45. The molecule has 0 unspecified atom stereocenters. The Labute approximate surface area is 178 Å². The van der Waals surface area contributed by atoms with Gasteiger partial charge in [-0.25, -0.2) is 4.39 Å². The molecular formula is C23H32FN3O3. The molecule has 3 amide bonds. The van der Waals surface area contributed by atoms with Gasteiger partial charge in [-0.3, -0.25) is 19.3 Å². The number of nitrogens with zero attached hydrogens (tertiary/aromatic N) is 3. The Kier molecular flexibility index (Phi) is 7.23. The average molecular weight is 418 g/mol. The molecule has 1 aromatic rings. The zero-order valence-electron chi connectivity index (χ0n) is 18.0. The van der Waals surface area contributed by atoms with Gasteiger partial charge in [-0.15, -0.1) is 0 Å². The number of carbonyl (C=O) groups is 3. The van der Waals surface area contributed by atoms with Gasteiger partial charge in [-0.1, -0.05) is 31.4 Å². The number of amides is 3. The minimum absolute atomic E-state index is 0.0949. The summed E-state index contributed by atoms with van der Waals surface area (Å²) < 4.78 is 14.0. The van der Waals surface area contributed by atoms with Gasteiger partial charge in [0.2, 0.25) is 17.7 Å². The third-order valence-electron chi connectivity index (χ3n) is 6.22. The van der Waals surface area contributed by atoms with Crippen LogP contribution in [0, 0.1) is 5.82 Å². The highest BCUT2D eigenvalue weighted by Crippen LogP contribution is 2.40. The molecule has 2 heterocycles. The maximum Gasteiger partial charge on any atom is 0.240 e. The highest BCUT2D eigenvalue weighted by Gasteiger charge is 2.54. The monoisotopic (exact) mass is 417 g/mol. The molecule has 2 fully saturated rings. The molecule has 6 nitrogen and oxygen atoms in total. The summed E-state index contributed by atoms with van der Waals surface area (Å²) >= 11 is 0. The highest BCUT2D eigenvalue weighted by molar-refractivity contribution is 6.10. The Morgan fingerprint density at radius 1 is 1.10 bits per heavy atom. The summed E-state index contributed by atoms with van der Waals surface area (Å²) in [6, 6.07) is 5.79. The van der Waals surface area contributed by atoms with Crippen LogP contribution in [0.5, 0.6) is 0 Å². The lowest BCUT2D eigenvalue weighted by molar-refractivity contribution is -0.143. The summed E-state index contributed by atoms with van der Waals surface area (Å²) in [6.07, 6.45) is 5.06. The van der Waals surface area contributed by atoms with Crippen molar-refractivity contribution < 1.29 is 18.8 Å². The first kappa shape index (κ1) is 22.4. The van der Waals surface area contributed by atoms with Gasteiger partial charge < -0.3 is 9.80 Å². The highest BCUT2D eigenvalue weighted by atomic mass is 19.1. The van der Waals surface area contributed by atoms with Crippen LogP contribution in [-0.2, 0) is 19.8 Å². The van der Waals surface area contributed by atoms with Gasteiger partial charge >= 0.3 is 0 Å². The lowest BCUT2D eigenvalue weighted by atomic mass is 9.75. The van der Waals surface area contributed by atoms with E-state index in [1.54, 1.807) is 6.07 Å². The van der Waals surface area contributed by atoms with Crippen LogP contribution in [0.1, 0.15) is 50.5 Å². The van der Waals surface area contributed by atoms with Crippen molar-refractivity contribution in [3.05, 3.63) is 35.6 Å². The molecule has 7 heteroatoms. The van der Waals surface area contributed by atoms with E-state index in [0.29, 0.717) is 25.2 Å². The molecule has 0 bridgehead atoms. The molecular weight excluding hydrogens is 385 g/mol. The third kappa shape index (κ3) is 4.89. The Hall–Kier alpha value is -2.28. The quantitative estimate of drug-likeness (QED) is 0.668. The molecule has 0 aliphatic carbocycles. The van der Waals surface area contributed by atoms with Crippen molar-refractivity contribution in [3.63, 3.8) is 0 Å². The second kappa shape index (κ2) is 9.69. The molecule has 1 aromatic carbocycles. The van der Waals surface area contributed by atoms with E-state index in [1.165, 1.54) is 29.5 Å². The van der Waals surface area contributed by atoms with Crippen LogP contribution in [0.2, 0.25) is 0 Å². The number of halogens is 1. The number of likely N-dealkylation sites (tertiary alicyclic amines) is 2. The number of carbonyl (C=O) groups excluding carboxylic acids is 3. The minimum atomic E-state index is -1.33. The fourth-order valence-electron chi connectivity index (χ4n) is 4.45. The first-order valence-electron chi connectivity index (χ1n) is 10.9. The fraction of sp³-hybridized carbons (Fsp3) is 0.609. The molecule has 0 aromatic heterocycles. The van der Waals surface area contributed by atoms with Crippen molar-refractivity contribution in [1.29, 1.82) is 0 Å². The van der Waals surface area contributed by atoms with Crippen LogP contribution < -0.4 is 0 Å². The average Bonchev–Trinajstić information content (AvgIpc) is 2.90. The van der Waals surface area contributed by atoms with Crippen LogP contribution >= 0.6 is 0 Å². The molecule has 30 heavy (non-hydrogen) atoms. The Morgan fingerprint density at radius 2 is 1.77 bits per heavy atom. The predicted molar refractivity (Wildman–Crippen MR) is 112 cm³/mol. The number of benzene rings is 1. The van der Waals surface area contributed by atoms with E-state index in [4.69, 9.17) is 0 Å². The number of imide groups is 1. The third-order valence-corrected chi connectivity index (χ3v) is 6.22. The summed E-state index contributed by atoms with van der Waals surface area (Å²) in [5, 5.41) is 0. The van der Waals surface area contributed by atoms with Crippen molar-refractivity contribution in [2.24, 2.45) is 0 Å². The fourth-order valence-corrected chi connectivity index (χ4v) is 4.45. The Morgan fingerprint density at radius 3 is 2.40 bits per heavy atom. The standard InChI is InChI=1S/C23H32FN3O3/c1-25(2)13-14-27-21(29)17-23(22(27)30,18-9-8-10-19(24)15-18)16-20(28)26-11-6-4-3-5-7-12-26/h8-10,15H,3-7,11-14,16-17H2,1-2H3/t23-/m1/s1. The molecule has 2 aliphatic rings. The van der Waals surface area contributed by atoms with Gasteiger partial charge in [0.1, 0.15) is 5.82 Å². The summed E-state index contributed by atoms with van der Waals surface area (Å²) in [7, 11) is 3.74. The molecule has 164 valence electrons. The van der Waals surface area contributed by atoms with Gasteiger partial charge in [-0.2, -0.15) is 0 Å². The molecule has 2 aliphatic heterocycles. The van der Waals surface area contributed by atoms with E-state index in [0.717, 1.165) is 25.7 Å².